The molecular weight excluding hydrogens is 262 g/mol. The molecule has 21 heavy (non-hydrogen) atoms. The van der Waals surface area contributed by atoms with E-state index in [9.17, 15) is 4.79 Å². The first-order valence-corrected chi connectivity index (χ1v) is 8.20. The lowest BCUT2D eigenvalue weighted by atomic mass is 10.1. The van der Waals surface area contributed by atoms with Crippen LogP contribution in [0.5, 0.6) is 0 Å². The van der Waals surface area contributed by atoms with Crippen LogP contribution in [0.4, 0.5) is 5.82 Å². The molecule has 0 aliphatic carbocycles. The lowest BCUT2D eigenvalue weighted by Gasteiger charge is -2.07. The minimum absolute atomic E-state index is 0.197. The predicted octanol–water partition coefficient (Wildman–Crippen LogP) is 3.98. The van der Waals surface area contributed by atoms with E-state index in [4.69, 9.17) is 0 Å². The molecule has 0 aliphatic heterocycles. The van der Waals surface area contributed by atoms with Crippen molar-refractivity contribution in [2.75, 3.05) is 11.9 Å². The molecule has 0 fully saturated rings. The van der Waals surface area contributed by atoms with Crippen molar-refractivity contribution in [3.05, 3.63) is 34.9 Å². The Morgan fingerprint density at radius 3 is 2.57 bits per heavy atom. The summed E-state index contributed by atoms with van der Waals surface area (Å²) in [6.45, 7) is 5.65. The number of rotatable bonds is 11. The minimum atomic E-state index is -0.197. The topological polar surface area (TPSA) is 46.9 Å². The molecule has 4 heteroatoms. The molecule has 0 radical (unpaired) electrons. The van der Waals surface area contributed by atoms with Crippen LogP contribution in [0.15, 0.2) is 29.2 Å². The molecule has 0 bridgehead atoms. The van der Waals surface area contributed by atoms with Crippen LogP contribution in [-0.4, -0.2) is 16.1 Å². The third kappa shape index (κ3) is 7.69. The molecule has 0 saturated heterocycles. The molecule has 4 nitrogen and oxygen atoms in total. The van der Waals surface area contributed by atoms with Crippen LogP contribution >= 0.6 is 0 Å². The first kappa shape index (κ1) is 17.5. The lowest BCUT2D eigenvalue weighted by Crippen LogP contribution is -2.23. The van der Waals surface area contributed by atoms with Gasteiger partial charge < -0.3 is 5.32 Å². The van der Waals surface area contributed by atoms with E-state index in [-0.39, 0.29) is 5.69 Å². The number of nitrogens with one attached hydrogen (secondary N) is 1. The molecule has 1 heterocycles. The second-order valence-electron chi connectivity index (χ2n) is 5.36. The Bertz CT molecular complexity index is 465. The Labute approximate surface area is 128 Å². The zero-order valence-corrected chi connectivity index (χ0v) is 13.5. The van der Waals surface area contributed by atoms with Crippen LogP contribution in [0.1, 0.15) is 58.8 Å². The highest BCUT2D eigenvalue weighted by molar-refractivity contribution is 5.31. The van der Waals surface area contributed by atoms with Crippen LogP contribution in [0.2, 0.25) is 0 Å². The second-order valence-corrected chi connectivity index (χ2v) is 5.36. The summed E-state index contributed by atoms with van der Waals surface area (Å²) in [6.07, 6.45) is 14.7. The van der Waals surface area contributed by atoms with Gasteiger partial charge in [0.2, 0.25) is 0 Å². The summed E-state index contributed by atoms with van der Waals surface area (Å²) in [5.74, 6) is 0.683. The molecule has 0 aromatic carbocycles. The Morgan fingerprint density at radius 2 is 1.90 bits per heavy atom. The summed E-state index contributed by atoms with van der Waals surface area (Å²) in [4.78, 5) is 15.8. The highest BCUT2D eigenvalue weighted by Gasteiger charge is 1.98. The fourth-order valence-corrected chi connectivity index (χ4v) is 2.18. The molecule has 1 N–H and O–H groups in total. The number of hydrogen-bond acceptors (Lipinski definition) is 3. The van der Waals surface area contributed by atoms with Crippen molar-refractivity contribution < 1.29 is 0 Å². The molecule has 0 saturated carbocycles. The van der Waals surface area contributed by atoms with Crippen LogP contribution in [0.25, 0.3) is 0 Å². The standard InChI is InChI=1S/C17H29N3O/c1-3-5-7-8-9-10-11-13-18-16-12-15-20(14-6-4-2)17(21)19-16/h4,6,12,15H,3,5,7-11,13-14H2,1-2H3,(H,18,19,21)/b6-4+. The van der Waals surface area contributed by atoms with Gasteiger partial charge in [-0.2, -0.15) is 4.98 Å². The van der Waals surface area contributed by atoms with Gasteiger partial charge in [0.15, 0.2) is 0 Å². The number of anilines is 1. The van der Waals surface area contributed by atoms with Gasteiger partial charge in [-0.15, -0.1) is 0 Å². The molecule has 0 aliphatic rings. The zero-order valence-electron chi connectivity index (χ0n) is 13.5. The van der Waals surface area contributed by atoms with Crippen molar-refractivity contribution in [2.45, 2.75) is 65.3 Å². The molecule has 0 atom stereocenters. The average molecular weight is 291 g/mol. The summed E-state index contributed by atoms with van der Waals surface area (Å²) < 4.78 is 1.60. The van der Waals surface area contributed by atoms with Crippen LogP contribution in [0.3, 0.4) is 0 Å². The lowest BCUT2D eigenvalue weighted by molar-refractivity contribution is 0.596. The Balaban J connectivity index is 2.20. The maximum Gasteiger partial charge on any atom is 0.349 e. The Hall–Kier alpha value is -1.58. The molecule has 0 spiro atoms. The summed E-state index contributed by atoms with van der Waals surface area (Å²) >= 11 is 0. The van der Waals surface area contributed by atoms with Gasteiger partial charge in [0.05, 0.1) is 0 Å². The molecule has 118 valence electrons. The average Bonchev–Trinajstić information content (AvgIpc) is 2.49. The number of nitrogens with zero attached hydrogens (tertiary/aromatic N) is 2. The van der Waals surface area contributed by atoms with Crippen molar-refractivity contribution in [2.24, 2.45) is 0 Å². The Morgan fingerprint density at radius 1 is 1.19 bits per heavy atom. The number of hydrogen-bond donors (Lipinski definition) is 1. The van der Waals surface area contributed by atoms with Gasteiger partial charge in [-0.3, -0.25) is 4.57 Å². The highest BCUT2D eigenvalue weighted by atomic mass is 16.1. The van der Waals surface area contributed by atoms with E-state index in [1.807, 2.05) is 25.1 Å². The van der Waals surface area contributed by atoms with Crippen LogP contribution < -0.4 is 11.0 Å². The molecular formula is C17H29N3O. The minimum Gasteiger partial charge on any atom is -0.370 e. The van der Waals surface area contributed by atoms with Gasteiger partial charge in [0.25, 0.3) is 0 Å². The first-order chi connectivity index (χ1) is 10.3. The Kier molecular flexibility index (Phi) is 9.25. The largest absolute Gasteiger partial charge is 0.370 e. The van der Waals surface area contributed by atoms with Crippen molar-refractivity contribution in [1.29, 1.82) is 0 Å². The molecule has 1 aromatic heterocycles. The molecule has 0 unspecified atom stereocenters. The van der Waals surface area contributed by atoms with Gasteiger partial charge in [0.1, 0.15) is 5.82 Å². The van der Waals surface area contributed by atoms with Gasteiger partial charge in [-0.25, -0.2) is 4.79 Å². The van der Waals surface area contributed by atoms with E-state index < -0.39 is 0 Å². The van der Waals surface area contributed by atoms with Gasteiger partial charge in [0, 0.05) is 19.3 Å². The third-order valence-electron chi connectivity index (χ3n) is 3.50. The maximum absolute atomic E-state index is 11.8. The van der Waals surface area contributed by atoms with Crippen molar-refractivity contribution in [1.82, 2.24) is 9.55 Å². The second kappa shape index (κ2) is 11.1. The van der Waals surface area contributed by atoms with Crippen molar-refractivity contribution in [3.63, 3.8) is 0 Å². The van der Waals surface area contributed by atoms with E-state index >= 15 is 0 Å². The maximum atomic E-state index is 11.8. The smallest absolute Gasteiger partial charge is 0.349 e. The highest BCUT2D eigenvalue weighted by Crippen LogP contribution is 2.07. The summed E-state index contributed by atoms with van der Waals surface area (Å²) in [6, 6.07) is 1.87. The zero-order chi connectivity index (χ0) is 15.3. The number of allylic oxidation sites excluding steroid dienone is 2. The van der Waals surface area contributed by atoms with Crippen molar-refractivity contribution >= 4 is 5.82 Å². The van der Waals surface area contributed by atoms with Crippen LogP contribution in [0, 0.1) is 0 Å². The number of unbranched alkanes of at least 4 members (excludes halogenated alkanes) is 6. The fourth-order valence-electron chi connectivity index (χ4n) is 2.18. The quantitative estimate of drug-likeness (QED) is 0.495. The van der Waals surface area contributed by atoms with Crippen molar-refractivity contribution in [3.8, 4) is 0 Å². The van der Waals surface area contributed by atoms with Gasteiger partial charge >= 0.3 is 5.69 Å². The van der Waals surface area contributed by atoms with E-state index in [0.717, 1.165) is 13.0 Å². The molecule has 1 aromatic rings. The SMILES string of the molecule is C/C=C/Cn1ccc(NCCCCCCCCC)nc1=O. The van der Waals surface area contributed by atoms with Gasteiger partial charge in [-0.05, 0) is 19.4 Å². The van der Waals surface area contributed by atoms with Gasteiger partial charge in [-0.1, -0.05) is 57.6 Å². The monoisotopic (exact) mass is 291 g/mol. The predicted molar refractivity (Wildman–Crippen MR) is 89.8 cm³/mol. The fraction of sp³-hybridized carbons (Fsp3) is 0.647. The first-order valence-electron chi connectivity index (χ1n) is 8.20. The number of aromatic nitrogens is 2. The van der Waals surface area contributed by atoms with E-state index in [1.165, 1.54) is 38.5 Å². The van der Waals surface area contributed by atoms with Crippen LogP contribution in [-0.2, 0) is 6.54 Å². The molecule has 1 rings (SSSR count). The third-order valence-corrected chi connectivity index (χ3v) is 3.50. The van der Waals surface area contributed by atoms with E-state index in [2.05, 4.69) is 17.2 Å². The van der Waals surface area contributed by atoms with E-state index in [0.29, 0.717) is 12.4 Å². The normalized spacial score (nSPS) is 11.1. The van der Waals surface area contributed by atoms with E-state index in [1.54, 1.807) is 10.8 Å². The summed E-state index contributed by atoms with van der Waals surface area (Å²) in [5.41, 5.74) is -0.197. The molecule has 0 amide bonds. The summed E-state index contributed by atoms with van der Waals surface area (Å²) in [7, 11) is 0. The summed E-state index contributed by atoms with van der Waals surface area (Å²) in [5, 5.41) is 3.23.